The monoisotopic (exact) mass is 379 g/mol. The van der Waals surface area contributed by atoms with Crippen LogP contribution in [-0.4, -0.2) is 45.9 Å². The van der Waals surface area contributed by atoms with Crippen molar-refractivity contribution in [3.63, 3.8) is 0 Å². The molecule has 0 spiro atoms. The van der Waals surface area contributed by atoms with Gasteiger partial charge in [-0.15, -0.1) is 0 Å². The van der Waals surface area contributed by atoms with E-state index in [1.165, 1.54) is 12.1 Å². The summed E-state index contributed by atoms with van der Waals surface area (Å²) in [5, 5.41) is 0.180. The van der Waals surface area contributed by atoms with Gasteiger partial charge in [-0.3, -0.25) is 9.52 Å². The van der Waals surface area contributed by atoms with Crippen molar-refractivity contribution in [2.45, 2.75) is 4.90 Å². The first kappa shape index (κ1) is 17.6. The van der Waals surface area contributed by atoms with Crippen LogP contribution in [0.15, 0.2) is 53.4 Å². The number of anilines is 2. The first-order chi connectivity index (χ1) is 12.0. The van der Waals surface area contributed by atoms with E-state index >= 15 is 0 Å². The fourth-order valence-electron chi connectivity index (χ4n) is 2.70. The minimum Gasteiger partial charge on any atom is -0.368 e. The Kier molecular flexibility index (Phi) is 5.15. The Morgan fingerprint density at radius 2 is 1.60 bits per heavy atom. The molecule has 132 valence electrons. The molecule has 0 radical (unpaired) electrons. The smallest absolute Gasteiger partial charge is 0.263 e. The zero-order valence-electron chi connectivity index (χ0n) is 13.4. The van der Waals surface area contributed by atoms with Crippen LogP contribution in [0.25, 0.3) is 0 Å². The molecule has 0 atom stereocenters. The number of hydrogen-bond donors (Lipinski definition) is 1. The number of sulfonamides is 1. The third kappa shape index (κ3) is 4.05. The van der Waals surface area contributed by atoms with Crippen LogP contribution < -0.4 is 9.62 Å². The Labute approximate surface area is 152 Å². The number of halogens is 1. The molecule has 1 fully saturated rings. The van der Waals surface area contributed by atoms with Gasteiger partial charge in [0.25, 0.3) is 10.0 Å². The van der Waals surface area contributed by atoms with Gasteiger partial charge < -0.3 is 9.80 Å². The van der Waals surface area contributed by atoms with Gasteiger partial charge in [0.2, 0.25) is 6.41 Å². The molecule has 0 unspecified atom stereocenters. The topological polar surface area (TPSA) is 69.7 Å². The zero-order chi connectivity index (χ0) is 17.9. The minimum absolute atomic E-state index is 0.0470. The highest BCUT2D eigenvalue weighted by atomic mass is 35.5. The van der Waals surface area contributed by atoms with Crippen LogP contribution in [0.3, 0.4) is 0 Å². The molecule has 0 aliphatic carbocycles. The Balaban J connectivity index is 1.71. The highest BCUT2D eigenvalue weighted by Gasteiger charge is 2.18. The second-order valence-electron chi connectivity index (χ2n) is 5.71. The van der Waals surface area contributed by atoms with E-state index in [9.17, 15) is 13.2 Å². The molecule has 1 N–H and O–H groups in total. The lowest BCUT2D eigenvalue weighted by atomic mass is 10.2. The third-order valence-electron chi connectivity index (χ3n) is 4.07. The SMILES string of the molecule is O=CN1CCN(c2ccc(NS(=O)(=O)c3ccccc3Cl)cc2)CC1. The lowest BCUT2D eigenvalue weighted by Crippen LogP contribution is -2.45. The van der Waals surface area contributed by atoms with Crippen molar-refractivity contribution in [1.82, 2.24) is 4.90 Å². The third-order valence-corrected chi connectivity index (χ3v) is 5.96. The maximum Gasteiger partial charge on any atom is 0.263 e. The van der Waals surface area contributed by atoms with Crippen molar-refractivity contribution < 1.29 is 13.2 Å². The molecule has 1 amide bonds. The highest BCUT2D eigenvalue weighted by Crippen LogP contribution is 2.25. The predicted molar refractivity (Wildman–Crippen MR) is 98.6 cm³/mol. The van der Waals surface area contributed by atoms with E-state index in [0.717, 1.165) is 25.2 Å². The number of carbonyl (C=O) groups excluding carboxylic acids is 1. The largest absolute Gasteiger partial charge is 0.368 e. The summed E-state index contributed by atoms with van der Waals surface area (Å²) in [4.78, 5) is 14.7. The van der Waals surface area contributed by atoms with Crippen molar-refractivity contribution in [1.29, 1.82) is 0 Å². The maximum atomic E-state index is 12.4. The van der Waals surface area contributed by atoms with Crippen molar-refractivity contribution in [3.05, 3.63) is 53.6 Å². The average molecular weight is 380 g/mol. The summed E-state index contributed by atoms with van der Waals surface area (Å²) < 4.78 is 27.4. The van der Waals surface area contributed by atoms with Crippen molar-refractivity contribution in [3.8, 4) is 0 Å². The molecule has 0 bridgehead atoms. The fraction of sp³-hybridized carbons (Fsp3) is 0.235. The van der Waals surface area contributed by atoms with E-state index in [1.807, 2.05) is 12.1 Å². The van der Waals surface area contributed by atoms with Gasteiger partial charge >= 0.3 is 0 Å². The molecule has 1 saturated heterocycles. The molecular formula is C17H18ClN3O3S. The Bertz CT molecular complexity index is 848. The first-order valence-corrected chi connectivity index (χ1v) is 9.67. The second kappa shape index (κ2) is 7.33. The van der Waals surface area contributed by atoms with E-state index in [4.69, 9.17) is 11.6 Å². The summed E-state index contributed by atoms with van der Waals surface area (Å²) >= 11 is 5.97. The van der Waals surface area contributed by atoms with E-state index in [1.54, 1.807) is 29.2 Å². The van der Waals surface area contributed by atoms with E-state index in [2.05, 4.69) is 9.62 Å². The van der Waals surface area contributed by atoms with Crippen LogP contribution in [-0.2, 0) is 14.8 Å². The number of piperazine rings is 1. The van der Waals surface area contributed by atoms with Gasteiger partial charge in [0.1, 0.15) is 4.90 Å². The quantitative estimate of drug-likeness (QED) is 0.810. The fourth-order valence-corrected chi connectivity index (χ4v) is 4.28. The molecule has 25 heavy (non-hydrogen) atoms. The lowest BCUT2D eigenvalue weighted by molar-refractivity contribution is -0.118. The summed E-state index contributed by atoms with van der Waals surface area (Å²) in [6.45, 7) is 2.88. The molecule has 2 aromatic carbocycles. The molecule has 1 heterocycles. The second-order valence-corrected chi connectivity index (χ2v) is 7.77. The van der Waals surface area contributed by atoms with Gasteiger partial charge in [-0.1, -0.05) is 23.7 Å². The molecular weight excluding hydrogens is 362 g/mol. The number of nitrogens with zero attached hydrogens (tertiary/aromatic N) is 2. The molecule has 8 heteroatoms. The summed E-state index contributed by atoms with van der Waals surface area (Å²) in [6.07, 6.45) is 0.865. The van der Waals surface area contributed by atoms with E-state index in [0.29, 0.717) is 18.8 Å². The van der Waals surface area contributed by atoms with Crippen LogP contribution >= 0.6 is 11.6 Å². The average Bonchev–Trinajstić information content (AvgIpc) is 2.62. The number of nitrogens with one attached hydrogen (secondary N) is 1. The van der Waals surface area contributed by atoms with Crippen molar-refractivity contribution >= 4 is 39.4 Å². The van der Waals surface area contributed by atoms with E-state index in [-0.39, 0.29) is 9.92 Å². The van der Waals surface area contributed by atoms with Crippen LogP contribution in [0, 0.1) is 0 Å². The van der Waals surface area contributed by atoms with E-state index < -0.39 is 10.0 Å². The maximum absolute atomic E-state index is 12.4. The first-order valence-electron chi connectivity index (χ1n) is 7.81. The van der Waals surface area contributed by atoms with Crippen molar-refractivity contribution in [2.75, 3.05) is 35.8 Å². The summed E-state index contributed by atoms with van der Waals surface area (Å²) in [5.41, 5.74) is 1.46. The van der Waals surface area contributed by atoms with Crippen molar-refractivity contribution in [2.24, 2.45) is 0 Å². The Morgan fingerprint density at radius 3 is 2.20 bits per heavy atom. The molecule has 1 aliphatic heterocycles. The lowest BCUT2D eigenvalue weighted by Gasteiger charge is -2.34. The molecule has 6 nitrogen and oxygen atoms in total. The minimum atomic E-state index is -3.73. The summed E-state index contributed by atoms with van der Waals surface area (Å²) in [5.74, 6) is 0. The van der Waals surface area contributed by atoms with Gasteiger partial charge in [0.05, 0.1) is 5.02 Å². The molecule has 2 aromatic rings. The Hall–Kier alpha value is -2.25. The van der Waals surface area contributed by atoms with Crippen LogP contribution in [0.5, 0.6) is 0 Å². The van der Waals surface area contributed by atoms with Crippen LogP contribution in [0.4, 0.5) is 11.4 Å². The molecule has 3 rings (SSSR count). The van der Waals surface area contributed by atoms with Crippen LogP contribution in [0.1, 0.15) is 0 Å². The number of rotatable bonds is 5. The number of amides is 1. The number of hydrogen-bond acceptors (Lipinski definition) is 4. The summed E-state index contributed by atoms with van der Waals surface area (Å²) in [7, 11) is -3.73. The predicted octanol–water partition coefficient (Wildman–Crippen LogP) is 2.42. The van der Waals surface area contributed by atoms with Gasteiger partial charge in [-0.25, -0.2) is 8.42 Å². The molecule has 0 saturated carbocycles. The molecule has 0 aromatic heterocycles. The standard InChI is InChI=1S/C17H18ClN3O3S/c18-16-3-1-2-4-17(16)25(23,24)19-14-5-7-15(8-6-14)21-11-9-20(13-22)10-12-21/h1-8,13,19H,9-12H2. The molecule has 1 aliphatic rings. The normalized spacial score (nSPS) is 15.1. The zero-order valence-corrected chi connectivity index (χ0v) is 15.0. The van der Waals surface area contributed by atoms with Gasteiger partial charge in [-0.05, 0) is 36.4 Å². The highest BCUT2D eigenvalue weighted by molar-refractivity contribution is 7.92. The number of carbonyl (C=O) groups is 1. The van der Waals surface area contributed by atoms with Gasteiger partial charge in [0.15, 0.2) is 0 Å². The Morgan fingerprint density at radius 1 is 0.960 bits per heavy atom. The van der Waals surface area contributed by atoms with Gasteiger partial charge in [0, 0.05) is 37.6 Å². The number of benzene rings is 2. The summed E-state index contributed by atoms with van der Waals surface area (Å²) in [6, 6.07) is 13.5. The van der Waals surface area contributed by atoms with Crippen LogP contribution in [0.2, 0.25) is 5.02 Å². The van der Waals surface area contributed by atoms with Gasteiger partial charge in [-0.2, -0.15) is 0 Å².